The number of nitrogens with one attached hydrogen (secondary N) is 1. The van der Waals surface area contributed by atoms with Gasteiger partial charge in [-0.2, -0.15) is 0 Å². The van der Waals surface area contributed by atoms with Gasteiger partial charge in [-0.1, -0.05) is 32.4 Å². The largest absolute Gasteiger partial charge is 0.467 e. The van der Waals surface area contributed by atoms with Crippen molar-refractivity contribution in [1.82, 2.24) is 14.9 Å². The first-order valence-electron chi connectivity index (χ1n) is 7.79. The lowest BCUT2D eigenvalue weighted by atomic mass is 9.99. The molecule has 0 radical (unpaired) electrons. The summed E-state index contributed by atoms with van der Waals surface area (Å²) in [5.41, 5.74) is 0.816. The van der Waals surface area contributed by atoms with E-state index < -0.39 is 17.9 Å². The van der Waals surface area contributed by atoms with Crippen molar-refractivity contribution in [2.75, 3.05) is 7.11 Å². The second-order valence-corrected chi connectivity index (χ2v) is 5.63. The summed E-state index contributed by atoms with van der Waals surface area (Å²) in [5.74, 6) is -0.999. The van der Waals surface area contributed by atoms with Gasteiger partial charge < -0.3 is 10.1 Å². The quantitative estimate of drug-likeness (QED) is 0.801. The minimum atomic E-state index is -0.740. The first-order valence-corrected chi connectivity index (χ1v) is 7.79. The van der Waals surface area contributed by atoms with E-state index in [9.17, 15) is 14.4 Å². The molecule has 0 spiro atoms. The number of benzene rings is 1. The summed E-state index contributed by atoms with van der Waals surface area (Å²) in [4.78, 5) is 40.3. The van der Waals surface area contributed by atoms with E-state index in [0.29, 0.717) is 17.5 Å². The van der Waals surface area contributed by atoms with Gasteiger partial charge in [0.2, 0.25) is 5.91 Å². The number of ether oxygens (including phenoxy) is 1. The first-order chi connectivity index (χ1) is 11.5. The molecule has 24 heavy (non-hydrogen) atoms. The van der Waals surface area contributed by atoms with Crippen LogP contribution in [0, 0.1) is 5.92 Å². The summed E-state index contributed by atoms with van der Waals surface area (Å²) in [6.07, 6.45) is 1.89. The second kappa shape index (κ2) is 7.72. The van der Waals surface area contributed by atoms with Crippen LogP contribution in [0.2, 0.25) is 0 Å². The predicted molar refractivity (Wildman–Crippen MR) is 89.4 cm³/mol. The van der Waals surface area contributed by atoms with Crippen LogP contribution in [-0.2, 0) is 20.9 Å². The van der Waals surface area contributed by atoms with E-state index in [-0.39, 0.29) is 18.0 Å². The Labute approximate surface area is 139 Å². The average Bonchev–Trinajstić information content (AvgIpc) is 2.60. The van der Waals surface area contributed by atoms with Gasteiger partial charge in [-0.25, -0.2) is 9.78 Å². The Kier molecular flexibility index (Phi) is 5.68. The standard InChI is InChI=1S/C17H21N3O4/c1-4-11(2)16(17(23)24-3)19-14(21)10-20-13-8-6-5-7-12(13)18-9-15(20)22/h5-9,11,16H,4,10H2,1-3H3,(H,19,21)/t11-,16+/m0/s1. The summed E-state index contributed by atoms with van der Waals surface area (Å²) in [5, 5.41) is 2.67. The number of para-hydroxylation sites is 2. The molecular formula is C17H21N3O4. The highest BCUT2D eigenvalue weighted by atomic mass is 16.5. The minimum absolute atomic E-state index is 0.0766. The van der Waals surface area contributed by atoms with E-state index >= 15 is 0 Å². The maximum Gasteiger partial charge on any atom is 0.328 e. The van der Waals surface area contributed by atoms with Crippen LogP contribution in [0.25, 0.3) is 11.0 Å². The second-order valence-electron chi connectivity index (χ2n) is 5.63. The van der Waals surface area contributed by atoms with Gasteiger partial charge >= 0.3 is 5.97 Å². The van der Waals surface area contributed by atoms with Crippen LogP contribution in [-0.4, -0.2) is 34.6 Å². The molecule has 1 aromatic carbocycles. The number of esters is 1. The molecule has 1 heterocycles. The molecule has 0 saturated heterocycles. The van der Waals surface area contributed by atoms with Crippen molar-refractivity contribution in [3.63, 3.8) is 0 Å². The summed E-state index contributed by atoms with van der Waals surface area (Å²) >= 11 is 0. The first kappa shape index (κ1) is 17.7. The van der Waals surface area contributed by atoms with E-state index in [1.54, 1.807) is 24.3 Å². The Bertz CT molecular complexity index is 800. The van der Waals surface area contributed by atoms with Crippen LogP contribution >= 0.6 is 0 Å². The highest BCUT2D eigenvalue weighted by Gasteiger charge is 2.26. The number of rotatable bonds is 6. The highest BCUT2D eigenvalue weighted by Crippen LogP contribution is 2.10. The van der Waals surface area contributed by atoms with Gasteiger partial charge in [0, 0.05) is 0 Å². The number of methoxy groups -OCH3 is 1. The number of nitrogens with zero attached hydrogens (tertiary/aromatic N) is 2. The maximum atomic E-state index is 12.4. The Morgan fingerprint density at radius 1 is 1.33 bits per heavy atom. The molecule has 0 aliphatic carbocycles. The number of hydrogen-bond acceptors (Lipinski definition) is 5. The van der Waals surface area contributed by atoms with E-state index in [1.165, 1.54) is 17.9 Å². The molecule has 0 fully saturated rings. The van der Waals surface area contributed by atoms with Crippen molar-refractivity contribution < 1.29 is 14.3 Å². The zero-order valence-corrected chi connectivity index (χ0v) is 14.0. The molecule has 128 valence electrons. The van der Waals surface area contributed by atoms with E-state index in [2.05, 4.69) is 10.3 Å². The molecule has 0 aliphatic rings. The molecule has 1 amide bonds. The lowest BCUT2D eigenvalue weighted by Gasteiger charge is -2.22. The number of carbonyl (C=O) groups excluding carboxylic acids is 2. The zero-order valence-electron chi connectivity index (χ0n) is 14.0. The van der Waals surface area contributed by atoms with E-state index in [4.69, 9.17) is 4.74 Å². The number of carbonyl (C=O) groups is 2. The van der Waals surface area contributed by atoms with Crippen LogP contribution in [0.5, 0.6) is 0 Å². The topological polar surface area (TPSA) is 90.3 Å². The number of amides is 1. The smallest absolute Gasteiger partial charge is 0.328 e. The van der Waals surface area contributed by atoms with Gasteiger partial charge in [-0.15, -0.1) is 0 Å². The van der Waals surface area contributed by atoms with Crippen molar-refractivity contribution in [3.05, 3.63) is 40.8 Å². The predicted octanol–water partition coefficient (Wildman–Crippen LogP) is 1.10. The molecule has 0 aliphatic heterocycles. The third kappa shape index (κ3) is 3.79. The fourth-order valence-electron chi connectivity index (χ4n) is 2.44. The fourth-order valence-corrected chi connectivity index (χ4v) is 2.44. The van der Waals surface area contributed by atoms with Gasteiger partial charge in [0.1, 0.15) is 12.6 Å². The summed E-state index contributed by atoms with van der Waals surface area (Å²) < 4.78 is 6.08. The van der Waals surface area contributed by atoms with Gasteiger partial charge in [-0.05, 0) is 18.1 Å². The summed E-state index contributed by atoms with van der Waals surface area (Å²) in [6, 6.07) is 6.33. The van der Waals surface area contributed by atoms with Crippen LogP contribution < -0.4 is 10.9 Å². The van der Waals surface area contributed by atoms with Crippen molar-refractivity contribution >= 4 is 22.9 Å². The number of aromatic nitrogens is 2. The monoisotopic (exact) mass is 331 g/mol. The van der Waals surface area contributed by atoms with Crippen molar-refractivity contribution in [2.24, 2.45) is 5.92 Å². The Morgan fingerprint density at radius 2 is 2.04 bits per heavy atom. The van der Waals surface area contributed by atoms with Gasteiger partial charge in [0.05, 0.1) is 24.3 Å². The molecule has 7 nitrogen and oxygen atoms in total. The van der Waals surface area contributed by atoms with Crippen molar-refractivity contribution in [2.45, 2.75) is 32.9 Å². The number of fused-ring (bicyclic) bond motifs is 1. The lowest BCUT2D eigenvalue weighted by Crippen LogP contribution is -2.47. The molecular weight excluding hydrogens is 310 g/mol. The Morgan fingerprint density at radius 3 is 2.71 bits per heavy atom. The fraction of sp³-hybridized carbons (Fsp3) is 0.412. The normalized spacial score (nSPS) is 13.3. The number of hydrogen-bond donors (Lipinski definition) is 1. The molecule has 0 unspecified atom stereocenters. The third-order valence-electron chi connectivity index (χ3n) is 4.04. The molecule has 0 bridgehead atoms. The molecule has 1 N–H and O–H groups in total. The molecule has 2 atom stereocenters. The van der Waals surface area contributed by atoms with Gasteiger partial charge in [-0.3, -0.25) is 14.2 Å². The van der Waals surface area contributed by atoms with Gasteiger partial charge in [0.15, 0.2) is 0 Å². The third-order valence-corrected chi connectivity index (χ3v) is 4.04. The minimum Gasteiger partial charge on any atom is -0.467 e. The van der Waals surface area contributed by atoms with Crippen molar-refractivity contribution in [1.29, 1.82) is 0 Å². The van der Waals surface area contributed by atoms with Gasteiger partial charge in [0.25, 0.3) is 5.56 Å². The molecule has 2 rings (SSSR count). The van der Waals surface area contributed by atoms with Crippen LogP contribution in [0.15, 0.2) is 35.3 Å². The lowest BCUT2D eigenvalue weighted by molar-refractivity contribution is -0.146. The van der Waals surface area contributed by atoms with E-state index in [0.717, 1.165) is 0 Å². The maximum absolute atomic E-state index is 12.4. The van der Waals surface area contributed by atoms with Crippen LogP contribution in [0.4, 0.5) is 0 Å². The van der Waals surface area contributed by atoms with E-state index in [1.807, 2.05) is 13.8 Å². The Balaban J connectivity index is 2.25. The zero-order chi connectivity index (χ0) is 17.7. The highest BCUT2D eigenvalue weighted by molar-refractivity contribution is 5.85. The summed E-state index contributed by atoms with van der Waals surface area (Å²) in [7, 11) is 1.28. The summed E-state index contributed by atoms with van der Waals surface area (Å²) in [6.45, 7) is 3.59. The average molecular weight is 331 g/mol. The molecule has 0 saturated carbocycles. The molecule has 7 heteroatoms. The Hall–Kier alpha value is -2.70. The SMILES string of the molecule is CC[C@H](C)[C@@H](NC(=O)Cn1c(=O)cnc2ccccc21)C(=O)OC. The van der Waals surface area contributed by atoms with Crippen LogP contribution in [0.1, 0.15) is 20.3 Å². The van der Waals surface area contributed by atoms with Crippen molar-refractivity contribution in [3.8, 4) is 0 Å². The van der Waals surface area contributed by atoms with Crippen LogP contribution in [0.3, 0.4) is 0 Å². The molecule has 1 aromatic heterocycles. The molecule has 2 aromatic rings.